The normalized spacial score (nSPS) is 10.9. The number of ether oxygens (including phenoxy) is 1. The molecule has 4 rings (SSSR count). The van der Waals surface area contributed by atoms with Gasteiger partial charge in [0.15, 0.2) is 0 Å². The fraction of sp³-hybridized carbons (Fsp3) is 0.0952. The molecule has 0 radical (unpaired) electrons. The van der Waals surface area contributed by atoms with Crippen molar-refractivity contribution in [2.45, 2.75) is 6.92 Å². The second kappa shape index (κ2) is 6.57. The molecular formula is C21H17N3O3. The highest BCUT2D eigenvalue weighted by Gasteiger charge is 2.25. The molecule has 0 fully saturated rings. The molecule has 0 N–H and O–H groups in total. The third-order valence-electron chi connectivity index (χ3n) is 4.38. The Balaban J connectivity index is 2.01. The van der Waals surface area contributed by atoms with Crippen molar-refractivity contribution in [2.24, 2.45) is 0 Å². The number of para-hydroxylation sites is 1. The Labute approximate surface area is 155 Å². The lowest BCUT2D eigenvalue weighted by Gasteiger charge is -2.11. The number of pyridine rings is 1. The summed E-state index contributed by atoms with van der Waals surface area (Å²) in [4.78, 5) is 25.4. The third-order valence-corrected chi connectivity index (χ3v) is 4.38. The van der Waals surface area contributed by atoms with Crippen LogP contribution in [0, 0.1) is 6.92 Å². The van der Waals surface area contributed by atoms with E-state index < -0.39 is 5.97 Å². The van der Waals surface area contributed by atoms with E-state index in [0.29, 0.717) is 16.9 Å². The second-order valence-electron chi connectivity index (χ2n) is 6.22. The number of hydrogen-bond donors (Lipinski definition) is 0. The minimum Gasteiger partial charge on any atom is -0.465 e. The van der Waals surface area contributed by atoms with E-state index in [1.165, 1.54) is 11.8 Å². The van der Waals surface area contributed by atoms with Crippen LogP contribution in [-0.2, 0) is 4.74 Å². The SMILES string of the molecule is COC(=O)c1cn(-c2ccccc2)cc2c(=O)n(-c3cccc(C)c3)nc1-2. The molecule has 0 aromatic heterocycles. The highest BCUT2D eigenvalue weighted by atomic mass is 16.5. The molecule has 0 aliphatic carbocycles. The van der Waals surface area contributed by atoms with Gasteiger partial charge in [0.05, 0.1) is 18.4 Å². The number of fused-ring (bicyclic) bond motifs is 1. The second-order valence-corrected chi connectivity index (χ2v) is 6.22. The van der Waals surface area contributed by atoms with Crippen molar-refractivity contribution >= 4 is 5.97 Å². The van der Waals surface area contributed by atoms with Crippen molar-refractivity contribution in [1.29, 1.82) is 0 Å². The molecule has 0 atom stereocenters. The van der Waals surface area contributed by atoms with Crippen molar-refractivity contribution < 1.29 is 9.53 Å². The Kier molecular flexibility index (Phi) is 4.08. The molecule has 6 nitrogen and oxygen atoms in total. The maximum absolute atomic E-state index is 13.0. The largest absolute Gasteiger partial charge is 0.465 e. The van der Waals surface area contributed by atoms with Gasteiger partial charge in [0.1, 0.15) is 11.3 Å². The number of esters is 1. The highest BCUT2D eigenvalue weighted by Crippen LogP contribution is 2.25. The summed E-state index contributed by atoms with van der Waals surface area (Å²) in [5.74, 6) is -0.542. The van der Waals surface area contributed by atoms with Gasteiger partial charge in [0.25, 0.3) is 5.56 Å². The van der Waals surface area contributed by atoms with Gasteiger partial charge >= 0.3 is 5.97 Å². The van der Waals surface area contributed by atoms with Gasteiger partial charge in [0, 0.05) is 18.1 Å². The van der Waals surface area contributed by atoms with Gasteiger partial charge in [-0.15, -0.1) is 0 Å². The Morgan fingerprint density at radius 3 is 2.44 bits per heavy atom. The summed E-state index contributed by atoms with van der Waals surface area (Å²) < 4.78 is 7.96. The van der Waals surface area contributed by atoms with Crippen molar-refractivity contribution in [3.63, 3.8) is 0 Å². The summed E-state index contributed by atoms with van der Waals surface area (Å²) in [7, 11) is 1.31. The van der Waals surface area contributed by atoms with Gasteiger partial charge in [-0.1, -0.05) is 30.3 Å². The van der Waals surface area contributed by atoms with Crippen molar-refractivity contribution in [3.05, 3.63) is 88.5 Å². The van der Waals surface area contributed by atoms with E-state index in [-0.39, 0.29) is 11.1 Å². The minimum absolute atomic E-state index is 0.238. The first-order valence-electron chi connectivity index (χ1n) is 8.44. The number of methoxy groups -OCH3 is 1. The van der Waals surface area contributed by atoms with Crippen molar-refractivity contribution in [2.75, 3.05) is 7.11 Å². The Bertz CT molecular complexity index is 1160. The number of aromatic nitrogens is 3. The van der Waals surface area contributed by atoms with Crippen LogP contribution >= 0.6 is 0 Å². The Morgan fingerprint density at radius 2 is 1.74 bits per heavy atom. The van der Waals surface area contributed by atoms with E-state index in [9.17, 15) is 9.59 Å². The van der Waals surface area contributed by atoms with Crippen LogP contribution in [0.25, 0.3) is 22.6 Å². The van der Waals surface area contributed by atoms with Crippen molar-refractivity contribution in [1.82, 2.24) is 14.3 Å². The van der Waals surface area contributed by atoms with Gasteiger partial charge in [-0.2, -0.15) is 9.78 Å². The Hall–Kier alpha value is -3.67. The zero-order valence-corrected chi connectivity index (χ0v) is 14.9. The number of carbonyl (C=O) groups is 1. The zero-order chi connectivity index (χ0) is 19.0. The molecule has 0 saturated heterocycles. The molecule has 2 aliphatic heterocycles. The van der Waals surface area contributed by atoms with E-state index in [1.807, 2.05) is 61.5 Å². The van der Waals surface area contributed by atoms with Gasteiger partial charge in [-0.05, 0) is 36.8 Å². The summed E-state index contributed by atoms with van der Waals surface area (Å²) >= 11 is 0. The molecule has 2 aliphatic rings. The highest BCUT2D eigenvalue weighted by molar-refractivity contribution is 5.96. The molecule has 0 bridgehead atoms. The molecule has 0 unspecified atom stereocenters. The van der Waals surface area contributed by atoms with E-state index >= 15 is 0 Å². The van der Waals surface area contributed by atoms with Gasteiger partial charge < -0.3 is 9.30 Å². The van der Waals surface area contributed by atoms with E-state index in [1.54, 1.807) is 17.0 Å². The molecule has 0 saturated carbocycles. The van der Waals surface area contributed by atoms with Crippen LogP contribution in [0.4, 0.5) is 0 Å². The maximum atomic E-state index is 13.0. The summed E-state index contributed by atoms with van der Waals surface area (Å²) in [6, 6.07) is 16.9. The van der Waals surface area contributed by atoms with Crippen LogP contribution < -0.4 is 5.56 Å². The number of benzene rings is 2. The molecular weight excluding hydrogens is 342 g/mol. The maximum Gasteiger partial charge on any atom is 0.341 e. The quantitative estimate of drug-likeness (QED) is 0.527. The third kappa shape index (κ3) is 2.91. The van der Waals surface area contributed by atoms with E-state index in [4.69, 9.17) is 4.74 Å². The zero-order valence-electron chi connectivity index (χ0n) is 14.9. The first kappa shape index (κ1) is 16.8. The van der Waals surface area contributed by atoms with E-state index in [0.717, 1.165) is 11.3 Å². The molecule has 0 amide bonds. The summed E-state index contributed by atoms with van der Waals surface area (Å²) in [6.45, 7) is 1.94. The number of rotatable bonds is 3. The van der Waals surface area contributed by atoms with E-state index in [2.05, 4.69) is 5.10 Å². The molecule has 27 heavy (non-hydrogen) atoms. The molecule has 2 heterocycles. The average Bonchev–Trinajstić information content (AvgIpc) is 3.04. The number of aryl methyl sites for hydroxylation is 1. The number of carbonyl (C=O) groups excluding carboxylic acids is 1. The van der Waals surface area contributed by atoms with Crippen LogP contribution in [0.5, 0.6) is 0 Å². The Morgan fingerprint density at radius 1 is 1.00 bits per heavy atom. The number of nitrogens with zero attached hydrogens (tertiary/aromatic N) is 3. The van der Waals surface area contributed by atoms with Gasteiger partial charge in [0.2, 0.25) is 0 Å². The van der Waals surface area contributed by atoms with Gasteiger partial charge in [-0.25, -0.2) is 4.79 Å². The predicted molar refractivity (Wildman–Crippen MR) is 102 cm³/mol. The van der Waals surface area contributed by atoms with Crippen molar-refractivity contribution in [3.8, 4) is 22.6 Å². The lowest BCUT2D eigenvalue weighted by atomic mass is 10.1. The smallest absolute Gasteiger partial charge is 0.341 e. The standard InChI is InChI=1S/C21H17N3O3/c1-14-7-6-10-16(11-14)24-20(25)17-12-23(15-8-4-3-5-9-15)13-18(19(17)22-24)21(26)27-2/h3-13H,1-2H3. The number of hydrogen-bond acceptors (Lipinski definition) is 4. The minimum atomic E-state index is -0.542. The first-order chi connectivity index (χ1) is 13.1. The molecule has 6 heteroatoms. The molecule has 2 aromatic carbocycles. The topological polar surface area (TPSA) is 66.1 Å². The monoisotopic (exact) mass is 359 g/mol. The average molecular weight is 359 g/mol. The molecule has 2 aromatic rings. The lowest BCUT2D eigenvalue weighted by Crippen LogP contribution is -2.15. The van der Waals surface area contributed by atoms with Crippen LogP contribution in [0.3, 0.4) is 0 Å². The van der Waals surface area contributed by atoms with Crippen LogP contribution in [-0.4, -0.2) is 27.4 Å². The van der Waals surface area contributed by atoms with Crippen LogP contribution in [0.2, 0.25) is 0 Å². The summed E-state index contributed by atoms with van der Waals surface area (Å²) in [6.07, 6.45) is 3.33. The summed E-state index contributed by atoms with van der Waals surface area (Å²) in [5.41, 5.74) is 3.11. The molecule has 134 valence electrons. The fourth-order valence-electron chi connectivity index (χ4n) is 3.05. The molecule has 0 spiro atoms. The fourth-order valence-corrected chi connectivity index (χ4v) is 3.05. The predicted octanol–water partition coefficient (Wildman–Crippen LogP) is 3.22. The first-order valence-corrected chi connectivity index (χ1v) is 8.44. The van der Waals surface area contributed by atoms with Crippen LogP contribution in [0.15, 0.2) is 71.8 Å². The lowest BCUT2D eigenvalue weighted by molar-refractivity contribution is 0.0600. The summed E-state index contributed by atoms with van der Waals surface area (Å²) in [5, 5.41) is 4.42. The van der Waals surface area contributed by atoms with Crippen LogP contribution in [0.1, 0.15) is 15.9 Å². The van der Waals surface area contributed by atoms with Gasteiger partial charge in [-0.3, -0.25) is 4.79 Å².